The van der Waals surface area contributed by atoms with Crippen molar-refractivity contribution in [2.24, 2.45) is 0 Å². The predicted molar refractivity (Wildman–Crippen MR) is 66.0 cm³/mol. The molecule has 0 fully saturated rings. The molecular weight excluding hydrogens is 237 g/mol. The van der Waals surface area contributed by atoms with Crippen LogP contribution < -0.4 is 4.74 Å². The quantitative estimate of drug-likeness (QED) is 0.754. The smallest absolute Gasteiger partial charge is 0.327 e. The highest BCUT2D eigenvalue weighted by Gasteiger charge is 2.24. The highest BCUT2D eigenvalue weighted by Crippen LogP contribution is 2.25. The number of rotatable bonds is 5. The normalized spacial score (nSPS) is 12.3. The van der Waals surface area contributed by atoms with E-state index in [9.17, 15) is 9.18 Å². The van der Waals surface area contributed by atoms with Crippen molar-refractivity contribution >= 4 is 5.97 Å². The Bertz CT molecular complexity index is 421. The Morgan fingerprint density at radius 3 is 2.56 bits per heavy atom. The first-order valence-corrected chi connectivity index (χ1v) is 5.67. The van der Waals surface area contributed by atoms with E-state index >= 15 is 0 Å². The molecule has 0 saturated carbocycles. The van der Waals surface area contributed by atoms with E-state index in [1.54, 1.807) is 32.0 Å². The SMILES string of the molecule is CCOc1ccc(C(C(=O)OC)N(C)C)cc1F. The van der Waals surface area contributed by atoms with Crippen LogP contribution in [0.1, 0.15) is 18.5 Å². The first kappa shape index (κ1) is 14.4. The molecule has 5 heteroatoms. The molecule has 0 saturated heterocycles. The maximum Gasteiger partial charge on any atom is 0.327 e. The Morgan fingerprint density at radius 1 is 1.44 bits per heavy atom. The molecular formula is C13H18FNO3. The molecule has 0 aliphatic rings. The van der Waals surface area contributed by atoms with Gasteiger partial charge in [-0.15, -0.1) is 0 Å². The largest absolute Gasteiger partial charge is 0.491 e. The van der Waals surface area contributed by atoms with Crippen molar-refractivity contribution in [1.29, 1.82) is 0 Å². The molecule has 18 heavy (non-hydrogen) atoms. The number of hydrogen-bond donors (Lipinski definition) is 0. The Balaban J connectivity index is 3.07. The van der Waals surface area contributed by atoms with Crippen molar-refractivity contribution in [2.75, 3.05) is 27.8 Å². The number of carbonyl (C=O) groups is 1. The van der Waals surface area contributed by atoms with Crippen LogP contribution in [0.5, 0.6) is 5.75 Å². The Kier molecular flexibility index (Phi) is 5.09. The molecule has 4 nitrogen and oxygen atoms in total. The van der Waals surface area contributed by atoms with Crippen LogP contribution in [0.3, 0.4) is 0 Å². The number of halogens is 1. The molecule has 0 aliphatic carbocycles. The molecule has 0 spiro atoms. The minimum atomic E-state index is -0.625. The molecule has 0 amide bonds. The van der Waals surface area contributed by atoms with Gasteiger partial charge in [-0.25, -0.2) is 9.18 Å². The number of methoxy groups -OCH3 is 1. The van der Waals surface area contributed by atoms with Gasteiger partial charge >= 0.3 is 5.97 Å². The molecule has 1 rings (SSSR count). The molecule has 1 aromatic rings. The molecule has 1 atom stereocenters. The zero-order chi connectivity index (χ0) is 13.7. The number of carbonyl (C=O) groups excluding carboxylic acids is 1. The zero-order valence-corrected chi connectivity index (χ0v) is 11.1. The lowest BCUT2D eigenvalue weighted by Gasteiger charge is -2.22. The third kappa shape index (κ3) is 3.20. The van der Waals surface area contributed by atoms with Crippen LogP contribution in [-0.2, 0) is 9.53 Å². The second-order valence-corrected chi connectivity index (χ2v) is 4.01. The minimum Gasteiger partial charge on any atom is -0.491 e. The number of nitrogens with zero attached hydrogens (tertiary/aromatic N) is 1. The lowest BCUT2D eigenvalue weighted by Crippen LogP contribution is -2.28. The van der Waals surface area contributed by atoms with Gasteiger partial charge in [-0.3, -0.25) is 4.90 Å². The van der Waals surface area contributed by atoms with E-state index < -0.39 is 17.8 Å². The molecule has 1 unspecified atom stereocenters. The third-order valence-electron chi connectivity index (χ3n) is 2.51. The fraction of sp³-hybridized carbons (Fsp3) is 0.462. The molecule has 0 aromatic heterocycles. The number of hydrogen-bond acceptors (Lipinski definition) is 4. The monoisotopic (exact) mass is 255 g/mol. The molecule has 100 valence electrons. The fourth-order valence-corrected chi connectivity index (χ4v) is 1.72. The highest BCUT2D eigenvalue weighted by molar-refractivity contribution is 5.77. The number of benzene rings is 1. The second-order valence-electron chi connectivity index (χ2n) is 4.01. The van der Waals surface area contributed by atoms with E-state index in [2.05, 4.69) is 0 Å². The molecule has 0 aliphatic heterocycles. The van der Waals surface area contributed by atoms with Crippen molar-refractivity contribution < 1.29 is 18.7 Å². The predicted octanol–water partition coefficient (Wildman–Crippen LogP) is 2.00. The summed E-state index contributed by atoms with van der Waals surface area (Å²) in [6.07, 6.45) is 0. The van der Waals surface area contributed by atoms with Gasteiger partial charge < -0.3 is 9.47 Å². The van der Waals surface area contributed by atoms with Crippen molar-refractivity contribution in [2.45, 2.75) is 13.0 Å². The maximum atomic E-state index is 13.7. The standard InChI is InChI=1S/C13H18FNO3/c1-5-18-11-7-6-9(8-10(11)14)12(15(2)3)13(16)17-4/h6-8,12H,5H2,1-4H3. The van der Waals surface area contributed by atoms with E-state index in [1.807, 2.05) is 0 Å². The van der Waals surface area contributed by atoms with Crippen molar-refractivity contribution in [1.82, 2.24) is 4.90 Å². The zero-order valence-electron chi connectivity index (χ0n) is 11.1. The summed E-state index contributed by atoms with van der Waals surface area (Å²) in [5.74, 6) is -0.725. The van der Waals surface area contributed by atoms with Crippen molar-refractivity contribution in [3.05, 3.63) is 29.6 Å². The van der Waals surface area contributed by atoms with Crippen molar-refractivity contribution in [3.63, 3.8) is 0 Å². The van der Waals surface area contributed by atoms with Gasteiger partial charge in [-0.05, 0) is 38.7 Å². The summed E-state index contributed by atoms with van der Waals surface area (Å²) in [7, 11) is 4.77. The van der Waals surface area contributed by atoms with Crippen molar-refractivity contribution in [3.8, 4) is 5.75 Å². The summed E-state index contributed by atoms with van der Waals surface area (Å²) >= 11 is 0. The first-order valence-electron chi connectivity index (χ1n) is 5.67. The van der Waals surface area contributed by atoms with E-state index in [-0.39, 0.29) is 5.75 Å². The molecule has 0 radical (unpaired) electrons. The third-order valence-corrected chi connectivity index (χ3v) is 2.51. The topological polar surface area (TPSA) is 38.8 Å². The van der Waals surface area contributed by atoms with Crippen LogP contribution in [0.4, 0.5) is 4.39 Å². The van der Waals surface area contributed by atoms with Gasteiger partial charge in [0.1, 0.15) is 6.04 Å². The maximum absolute atomic E-state index is 13.7. The van der Waals surface area contributed by atoms with Gasteiger partial charge in [0, 0.05) is 0 Å². The summed E-state index contributed by atoms with van der Waals surface area (Å²) < 4.78 is 23.6. The Labute approximate surface area is 106 Å². The van der Waals surface area contributed by atoms with E-state index in [1.165, 1.54) is 19.2 Å². The number of esters is 1. The summed E-state index contributed by atoms with van der Waals surface area (Å²) in [5, 5.41) is 0. The Morgan fingerprint density at radius 2 is 2.11 bits per heavy atom. The summed E-state index contributed by atoms with van der Waals surface area (Å²) in [4.78, 5) is 13.3. The van der Waals surface area contributed by atoms with Gasteiger partial charge in [0.05, 0.1) is 13.7 Å². The summed E-state index contributed by atoms with van der Waals surface area (Å²) in [6, 6.07) is 3.86. The average Bonchev–Trinajstić information content (AvgIpc) is 2.32. The fourth-order valence-electron chi connectivity index (χ4n) is 1.72. The lowest BCUT2D eigenvalue weighted by atomic mass is 10.1. The minimum absolute atomic E-state index is 0.184. The van der Waals surface area contributed by atoms with Gasteiger partial charge in [-0.2, -0.15) is 0 Å². The molecule has 1 aromatic carbocycles. The van der Waals surface area contributed by atoms with E-state index in [4.69, 9.17) is 9.47 Å². The lowest BCUT2D eigenvalue weighted by molar-refractivity contribution is -0.146. The van der Waals surface area contributed by atoms with Gasteiger partial charge in [0.15, 0.2) is 11.6 Å². The van der Waals surface area contributed by atoms with Gasteiger partial charge in [0.25, 0.3) is 0 Å². The van der Waals surface area contributed by atoms with Crippen LogP contribution in [0.15, 0.2) is 18.2 Å². The van der Waals surface area contributed by atoms with Crippen LogP contribution in [0, 0.1) is 5.82 Å². The average molecular weight is 255 g/mol. The molecule has 0 N–H and O–H groups in total. The number of likely N-dealkylation sites (N-methyl/N-ethyl adjacent to an activating group) is 1. The molecule has 0 bridgehead atoms. The van der Waals surface area contributed by atoms with Gasteiger partial charge in [0.2, 0.25) is 0 Å². The Hall–Kier alpha value is -1.62. The van der Waals surface area contributed by atoms with E-state index in [0.717, 1.165) is 0 Å². The summed E-state index contributed by atoms with van der Waals surface area (Å²) in [6.45, 7) is 2.18. The number of ether oxygens (including phenoxy) is 2. The van der Waals surface area contributed by atoms with Crippen LogP contribution in [-0.4, -0.2) is 38.7 Å². The second kappa shape index (κ2) is 6.35. The van der Waals surface area contributed by atoms with E-state index in [0.29, 0.717) is 12.2 Å². The van der Waals surface area contributed by atoms with Crippen LogP contribution >= 0.6 is 0 Å². The van der Waals surface area contributed by atoms with Gasteiger partial charge in [-0.1, -0.05) is 6.07 Å². The summed E-state index contributed by atoms with van der Waals surface area (Å²) in [5.41, 5.74) is 0.535. The van der Waals surface area contributed by atoms with Crippen LogP contribution in [0.25, 0.3) is 0 Å². The van der Waals surface area contributed by atoms with Crippen LogP contribution in [0.2, 0.25) is 0 Å². The highest BCUT2D eigenvalue weighted by atomic mass is 19.1. The first-order chi connectivity index (χ1) is 8.51. The molecule has 0 heterocycles.